The van der Waals surface area contributed by atoms with Gasteiger partial charge in [0.05, 0.1) is 12.3 Å². The second-order valence-electron chi connectivity index (χ2n) is 6.97. The molecule has 2 aromatic rings. The Bertz CT molecular complexity index is 914. The minimum absolute atomic E-state index is 0.0368. The van der Waals surface area contributed by atoms with Crippen molar-refractivity contribution in [2.45, 2.75) is 19.6 Å². The maximum Gasteiger partial charge on any atom is 0.218 e. The molecule has 8 heteroatoms. The molecule has 0 saturated carbocycles. The lowest BCUT2D eigenvalue weighted by Gasteiger charge is -2.33. The molecule has 0 aliphatic carbocycles. The summed E-state index contributed by atoms with van der Waals surface area (Å²) >= 11 is 5.85. The number of ketones is 1. The van der Waals surface area contributed by atoms with E-state index in [0.717, 1.165) is 17.0 Å². The lowest BCUT2D eigenvalue weighted by atomic mass is 10.1. The molecule has 1 N–H and O–H groups in total. The van der Waals surface area contributed by atoms with Gasteiger partial charge in [-0.3, -0.25) is 9.69 Å². The molecule has 1 fully saturated rings. The summed E-state index contributed by atoms with van der Waals surface area (Å²) in [6.45, 7) is 6.02. The van der Waals surface area contributed by atoms with Gasteiger partial charge in [-0.05, 0) is 37.6 Å². The molecule has 6 nitrogen and oxygen atoms in total. The van der Waals surface area contributed by atoms with Crippen LogP contribution in [0.1, 0.15) is 27.3 Å². The minimum atomic E-state index is -3.38. The summed E-state index contributed by atoms with van der Waals surface area (Å²) in [5, 5.41) is 0.585. The Balaban J connectivity index is 1.55. The number of hydrogen-bond donors (Lipinski definition) is 1. The second-order valence-corrected chi connectivity index (χ2v) is 9.38. The normalized spacial score (nSPS) is 16.6. The van der Waals surface area contributed by atoms with Crippen LogP contribution in [0.2, 0.25) is 5.02 Å². The number of piperazine rings is 1. The zero-order valence-electron chi connectivity index (χ0n) is 15.5. The quantitative estimate of drug-likeness (QED) is 0.744. The highest BCUT2D eigenvalue weighted by molar-refractivity contribution is 7.88. The van der Waals surface area contributed by atoms with Crippen molar-refractivity contribution in [3.63, 3.8) is 0 Å². The van der Waals surface area contributed by atoms with Gasteiger partial charge < -0.3 is 4.98 Å². The van der Waals surface area contributed by atoms with E-state index in [-0.39, 0.29) is 11.5 Å². The molecule has 1 aromatic heterocycles. The zero-order chi connectivity index (χ0) is 19.6. The van der Waals surface area contributed by atoms with E-state index in [0.29, 0.717) is 43.3 Å². The standard InChI is InChI=1S/C19H24ClN3O3S/c1-14-11-18(15(2)21-14)19(24)12-22-7-9-23(10-8-22)27(25,26)13-16-3-5-17(20)6-4-16/h3-6,11,21H,7-10,12-13H2,1-2H3. The maximum absolute atomic E-state index is 12.6. The van der Waals surface area contributed by atoms with Crippen LogP contribution in [0, 0.1) is 13.8 Å². The Morgan fingerprint density at radius 1 is 1.11 bits per heavy atom. The lowest BCUT2D eigenvalue weighted by molar-refractivity contribution is 0.0901. The summed E-state index contributed by atoms with van der Waals surface area (Å²) in [5.41, 5.74) is 3.27. The molecule has 0 bridgehead atoms. The highest BCUT2D eigenvalue weighted by Gasteiger charge is 2.28. The van der Waals surface area contributed by atoms with Crippen LogP contribution in [0.4, 0.5) is 0 Å². The fourth-order valence-electron chi connectivity index (χ4n) is 3.35. The molecule has 0 amide bonds. The van der Waals surface area contributed by atoms with Gasteiger partial charge in [-0.1, -0.05) is 23.7 Å². The molecule has 2 heterocycles. The van der Waals surface area contributed by atoms with Gasteiger partial charge in [0.15, 0.2) is 5.78 Å². The average molecular weight is 410 g/mol. The minimum Gasteiger partial charge on any atom is -0.362 e. The van der Waals surface area contributed by atoms with Crippen molar-refractivity contribution >= 4 is 27.4 Å². The number of nitrogens with zero attached hydrogens (tertiary/aromatic N) is 2. The van der Waals surface area contributed by atoms with Gasteiger partial charge in [0, 0.05) is 48.2 Å². The first-order chi connectivity index (χ1) is 12.7. The first kappa shape index (κ1) is 20.1. The number of Topliss-reactive ketones (excluding diaryl/α,β-unsaturated/α-hetero) is 1. The van der Waals surface area contributed by atoms with Gasteiger partial charge in [0.1, 0.15) is 0 Å². The van der Waals surface area contributed by atoms with E-state index in [1.165, 1.54) is 4.31 Å². The fourth-order valence-corrected chi connectivity index (χ4v) is 4.99. The van der Waals surface area contributed by atoms with Crippen LogP contribution >= 0.6 is 11.6 Å². The average Bonchev–Trinajstić information content (AvgIpc) is 2.96. The van der Waals surface area contributed by atoms with Crippen molar-refractivity contribution in [1.29, 1.82) is 0 Å². The van der Waals surface area contributed by atoms with Gasteiger partial charge in [0.25, 0.3) is 0 Å². The van der Waals surface area contributed by atoms with Gasteiger partial charge in [0.2, 0.25) is 10.0 Å². The van der Waals surface area contributed by atoms with Crippen LogP contribution < -0.4 is 0 Å². The third-order valence-corrected chi connectivity index (χ3v) is 6.91. The number of aromatic nitrogens is 1. The van der Waals surface area contributed by atoms with Crippen molar-refractivity contribution < 1.29 is 13.2 Å². The first-order valence-corrected chi connectivity index (χ1v) is 10.9. The van der Waals surface area contributed by atoms with Crippen molar-refractivity contribution in [3.05, 3.63) is 57.9 Å². The van der Waals surface area contributed by atoms with E-state index >= 15 is 0 Å². The molecular weight excluding hydrogens is 386 g/mol. The highest BCUT2D eigenvalue weighted by atomic mass is 35.5. The third-order valence-electron chi connectivity index (χ3n) is 4.80. The van der Waals surface area contributed by atoms with Crippen molar-refractivity contribution in [1.82, 2.24) is 14.2 Å². The summed E-state index contributed by atoms with van der Waals surface area (Å²) in [4.78, 5) is 17.6. The molecule has 1 saturated heterocycles. The van der Waals surface area contributed by atoms with E-state index in [1.807, 2.05) is 24.8 Å². The molecule has 0 unspecified atom stereocenters. The third kappa shape index (κ3) is 4.99. The number of nitrogens with one attached hydrogen (secondary N) is 1. The Morgan fingerprint density at radius 3 is 2.30 bits per heavy atom. The zero-order valence-corrected chi connectivity index (χ0v) is 17.1. The van der Waals surface area contributed by atoms with Crippen LogP contribution in [0.15, 0.2) is 30.3 Å². The summed E-state index contributed by atoms with van der Waals surface area (Å²) in [6.07, 6.45) is 0. The van der Waals surface area contributed by atoms with Crippen LogP contribution in [-0.2, 0) is 15.8 Å². The van der Waals surface area contributed by atoms with Gasteiger partial charge >= 0.3 is 0 Å². The van der Waals surface area contributed by atoms with Crippen molar-refractivity contribution in [2.24, 2.45) is 0 Å². The Kier molecular flexibility index (Phi) is 6.05. The van der Waals surface area contributed by atoms with E-state index in [2.05, 4.69) is 4.98 Å². The van der Waals surface area contributed by atoms with Gasteiger partial charge in [-0.25, -0.2) is 8.42 Å². The number of aromatic amines is 1. The van der Waals surface area contributed by atoms with E-state index in [9.17, 15) is 13.2 Å². The predicted octanol–water partition coefficient (Wildman–Crippen LogP) is 2.62. The number of hydrogen-bond acceptors (Lipinski definition) is 4. The molecule has 1 aromatic carbocycles. The van der Waals surface area contributed by atoms with Crippen molar-refractivity contribution in [3.8, 4) is 0 Å². The van der Waals surface area contributed by atoms with E-state index < -0.39 is 10.0 Å². The van der Waals surface area contributed by atoms with E-state index in [1.54, 1.807) is 24.3 Å². The number of carbonyl (C=O) groups excluding carboxylic acids is 1. The number of benzene rings is 1. The maximum atomic E-state index is 12.6. The predicted molar refractivity (Wildman–Crippen MR) is 107 cm³/mol. The van der Waals surface area contributed by atoms with Gasteiger partial charge in [-0.15, -0.1) is 0 Å². The smallest absolute Gasteiger partial charge is 0.218 e. The second kappa shape index (κ2) is 8.14. The molecule has 27 heavy (non-hydrogen) atoms. The van der Waals surface area contributed by atoms with E-state index in [4.69, 9.17) is 11.6 Å². The van der Waals surface area contributed by atoms with Crippen LogP contribution in [0.5, 0.6) is 0 Å². The largest absolute Gasteiger partial charge is 0.362 e. The molecule has 1 aliphatic heterocycles. The molecule has 0 radical (unpaired) electrons. The Labute approximate surface area is 165 Å². The van der Waals surface area contributed by atoms with Crippen LogP contribution in [0.3, 0.4) is 0 Å². The molecule has 3 rings (SSSR count). The SMILES string of the molecule is Cc1cc(C(=O)CN2CCN(S(=O)(=O)Cc3ccc(Cl)cc3)CC2)c(C)[nH]1. The Hall–Kier alpha value is -1.67. The Morgan fingerprint density at radius 2 is 1.74 bits per heavy atom. The summed E-state index contributed by atoms with van der Waals surface area (Å²) in [5.74, 6) is 0.0274. The molecular formula is C19H24ClN3O3S. The lowest BCUT2D eigenvalue weighted by Crippen LogP contribution is -2.50. The van der Waals surface area contributed by atoms with Crippen molar-refractivity contribution in [2.75, 3.05) is 32.7 Å². The van der Waals surface area contributed by atoms with Gasteiger partial charge in [-0.2, -0.15) is 4.31 Å². The molecule has 1 aliphatic rings. The molecule has 0 atom stereocenters. The molecule has 0 spiro atoms. The first-order valence-electron chi connectivity index (χ1n) is 8.88. The fraction of sp³-hybridized carbons (Fsp3) is 0.421. The number of H-pyrrole nitrogens is 1. The number of rotatable bonds is 6. The number of sulfonamides is 1. The number of halogens is 1. The summed E-state index contributed by atoms with van der Waals surface area (Å²) in [6, 6.07) is 8.72. The monoisotopic (exact) mass is 409 g/mol. The summed E-state index contributed by atoms with van der Waals surface area (Å²) < 4.78 is 26.8. The summed E-state index contributed by atoms with van der Waals surface area (Å²) in [7, 11) is -3.38. The molecule has 146 valence electrons. The number of aryl methyl sites for hydroxylation is 2. The topological polar surface area (TPSA) is 73.5 Å². The van der Waals surface area contributed by atoms with Crippen LogP contribution in [0.25, 0.3) is 0 Å². The number of carbonyl (C=O) groups is 1. The highest BCUT2D eigenvalue weighted by Crippen LogP contribution is 2.17. The van der Waals surface area contributed by atoms with Crippen LogP contribution in [-0.4, -0.2) is 61.1 Å².